The smallest absolute Gasteiger partial charge is 0.260 e. The SMILES string of the molecule is C/C(=N/OCC1CCOCC1)c1ccc(OC(C)C(=O)NCC2CCN(C)CC2)cc1. The Morgan fingerprint density at radius 2 is 1.84 bits per heavy atom. The highest BCUT2D eigenvalue weighted by Gasteiger charge is 2.20. The van der Waals surface area contributed by atoms with Gasteiger partial charge in [0.25, 0.3) is 5.91 Å². The molecule has 1 amide bonds. The second-order valence-corrected chi connectivity index (χ2v) is 8.80. The minimum Gasteiger partial charge on any atom is -0.481 e. The number of hydrogen-bond acceptors (Lipinski definition) is 6. The van der Waals surface area contributed by atoms with E-state index in [9.17, 15) is 4.79 Å². The fourth-order valence-electron chi connectivity index (χ4n) is 3.89. The molecule has 0 bridgehead atoms. The first-order chi connectivity index (χ1) is 15.0. The van der Waals surface area contributed by atoms with E-state index in [1.54, 1.807) is 6.92 Å². The van der Waals surface area contributed by atoms with E-state index in [0.717, 1.165) is 69.8 Å². The van der Waals surface area contributed by atoms with E-state index in [-0.39, 0.29) is 5.91 Å². The normalized spacial score (nSPS) is 20.3. The molecule has 31 heavy (non-hydrogen) atoms. The van der Waals surface area contributed by atoms with Crippen LogP contribution in [0.5, 0.6) is 5.75 Å². The minimum atomic E-state index is -0.533. The first-order valence-electron chi connectivity index (χ1n) is 11.5. The third-order valence-electron chi connectivity index (χ3n) is 6.21. The van der Waals surface area contributed by atoms with E-state index in [0.29, 0.717) is 24.2 Å². The summed E-state index contributed by atoms with van der Waals surface area (Å²) in [4.78, 5) is 20.3. The van der Waals surface area contributed by atoms with Gasteiger partial charge in [0.1, 0.15) is 12.4 Å². The first-order valence-corrected chi connectivity index (χ1v) is 11.5. The lowest BCUT2D eigenvalue weighted by Gasteiger charge is -2.29. The van der Waals surface area contributed by atoms with E-state index in [4.69, 9.17) is 14.3 Å². The summed E-state index contributed by atoms with van der Waals surface area (Å²) in [5.41, 5.74) is 1.79. The number of carbonyl (C=O) groups is 1. The van der Waals surface area contributed by atoms with Gasteiger partial charge in [-0.15, -0.1) is 0 Å². The van der Waals surface area contributed by atoms with Crippen molar-refractivity contribution in [2.24, 2.45) is 17.0 Å². The highest BCUT2D eigenvalue weighted by Crippen LogP contribution is 2.18. The van der Waals surface area contributed by atoms with E-state index in [2.05, 4.69) is 22.4 Å². The molecule has 0 radical (unpaired) electrons. The number of piperidine rings is 1. The maximum Gasteiger partial charge on any atom is 0.260 e. The Morgan fingerprint density at radius 3 is 2.52 bits per heavy atom. The topological polar surface area (TPSA) is 72.4 Å². The zero-order valence-corrected chi connectivity index (χ0v) is 19.1. The molecule has 0 aromatic heterocycles. The number of nitrogens with zero attached hydrogens (tertiary/aromatic N) is 2. The summed E-state index contributed by atoms with van der Waals surface area (Å²) in [6, 6.07) is 7.62. The Labute approximate surface area is 186 Å². The molecule has 172 valence electrons. The van der Waals surface area contributed by atoms with Crippen LogP contribution in [0, 0.1) is 11.8 Å². The molecular formula is C24H37N3O4. The molecule has 2 aliphatic heterocycles. The van der Waals surface area contributed by atoms with Crippen LogP contribution in [0.15, 0.2) is 29.4 Å². The lowest BCUT2D eigenvalue weighted by atomic mass is 9.97. The number of nitrogens with one attached hydrogen (secondary N) is 1. The molecule has 2 heterocycles. The van der Waals surface area contributed by atoms with Crippen molar-refractivity contribution in [3.8, 4) is 5.75 Å². The molecule has 7 heteroatoms. The highest BCUT2D eigenvalue weighted by atomic mass is 16.6. The summed E-state index contributed by atoms with van der Waals surface area (Å²) in [5.74, 6) is 1.68. The number of likely N-dealkylation sites (tertiary alicyclic amines) is 1. The minimum absolute atomic E-state index is 0.0674. The van der Waals surface area contributed by atoms with Gasteiger partial charge in [0.2, 0.25) is 0 Å². The Kier molecular flexibility index (Phi) is 9.15. The molecule has 1 N–H and O–H groups in total. The van der Waals surface area contributed by atoms with Crippen molar-refractivity contribution in [1.82, 2.24) is 10.2 Å². The largest absolute Gasteiger partial charge is 0.481 e. The molecule has 3 rings (SSSR count). The van der Waals surface area contributed by atoms with Crippen LogP contribution in [0.1, 0.15) is 45.1 Å². The number of ether oxygens (including phenoxy) is 2. The summed E-state index contributed by atoms with van der Waals surface area (Å²) in [6.07, 6.45) is 3.80. The lowest BCUT2D eigenvalue weighted by Crippen LogP contribution is -2.41. The van der Waals surface area contributed by atoms with Crippen LogP contribution in [0.25, 0.3) is 0 Å². The van der Waals surface area contributed by atoms with Crippen molar-refractivity contribution in [3.05, 3.63) is 29.8 Å². The zero-order chi connectivity index (χ0) is 22.1. The molecular weight excluding hydrogens is 394 g/mol. The van der Waals surface area contributed by atoms with E-state index < -0.39 is 6.10 Å². The molecule has 1 unspecified atom stereocenters. The van der Waals surface area contributed by atoms with Crippen molar-refractivity contribution < 1.29 is 19.1 Å². The Hall–Kier alpha value is -2.12. The van der Waals surface area contributed by atoms with Gasteiger partial charge < -0.3 is 24.5 Å². The average Bonchev–Trinajstić information content (AvgIpc) is 2.79. The zero-order valence-electron chi connectivity index (χ0n) is 19.1. The summed E-state index contributed by atoms with van der Waals surface area (Å²) >= 11 is 0. The van der Waals surface area contributed by atoms with Gasteiger partial charge >= 0.3 is 0 Å². The molecule has 2 fully saturated rings. The third kappa shape index (κ3) is 7.82. The van der Waals surface area contributed by atoms with E-state index in [1.807, 2.05) is 31.2 Å². The van der Waals surface area contributed by atoms with Crippen LogP contribution in [0.2, 0.25) is 0 Å². The second-order valence-electron chi connectivity index (χ2n) is 8.80. The number of hydrogen-bond donors (Lipinski definition) is 1. The summed E-state index contributed by atoms with van der Waals surface area (Å²) in [7, 11) is 2.14. The first kappa shape index (κ1) is 23.5. The van der Waals surface area contributed by atoms with Gasteiger partial charge in [-0.2, -0.15) is 0 Å². The molecule has 1 atom stereocenters. The maximum atomic E-state index is 12.4. The molecule has 0 aliphatic carbocycles. The molecule has 2 aliphatic rings. The number of amides is 1. The van der Waals surface area contributed by atoms with Gasteiger partial charge in [-0.25, -0.2) is 0 Å². The number of oxime groups is 1. The van der Waals surface area contributed by atoms with Crippen molar-refractivity contribution in [2.45, 2.75) is 45.6 Å². The monoisotopic (exact) mass is 431 g/mol. The highest BCUT2D eigenvalue weighted by molar-refractivity contribution is 5.98. The van der Waals surface area contributed by atoms with Gasteiger partial charge in [0.15, 0.2) is 6.10 Å². The quantitative estimate of drug-likeness (QED) is 0.481. The number of rotatable bonds is 9. The average molecular weight is 432 g/mol. The van der Waals surface area contributed by atoms with Crippen LogP contribution in [-0.2, 0) is 14.4 Å². The van der Waals surface area contributed by atoms with Crippen LogP contribution < -0.4 is 10.1 Å². The van der Waals surface area contributed by atoms with Crippen molar-refractivity contribution in [1.29, 1.82) is 0 Å². The van der Waals surface area contributed by atoms with Crippen molar-refractivity contribution in [3.63, 3.8) is 0 Å². The predicted octanol–water partition coefficient (Wildman–Crippen LogP) is 3.08. The summed E-state index contributed by atoms with van der Waals surface area (Å²) in [5, 5.41) is 7.29. The summed E-state index contributed by atoms with van der Waals surface area (Å²) < 4.78 is 11.2. The number of benzene rings is 1. The molecule has 1 aromatic carbocycles. The fourth-order valence-corrected chi connectivity index (χ4v) is 3.89. The fraction of sp³-hybridized carbons (Fsp3) is 0.667. The van der Waals surface area contributed by atoms with Crippen LogP contribution >= 0.6 is 0 Å². The van der Waals surface area contributed by atoms with Crippen molar-refractivity contribution >= 4 is 11.6 Å². The van der Waals surface area contributed by atoms with Crippen molar-refractivity contribution in [2.75, 3.05) is 46.5 Å². The van der Waals surface area contributed by atoms with Gasteiger partial charge in [-0.1, -0.05) is 5.16 Å². The summed E-state index contributed by atoms with van der Waals surface area (Å²) in [6.45, 7) is 8.90. The lowest BCUT2D eigenvalue weighted by molar-refractivity contribution is -0.127. The second kappa shape index (κ2) is 12.1. The maximum absolute atomic E-state index is 12.4. The number of carbonyl (C=O) groups excluding carboxylic acids is 1. The molecule has 2 saturated heterocycles. The van der Waals surface area contributed by atoms with E-state index >= 15 is 0 Å². The van der Waals surface area contributed by atoms with Gasteiger partial charge in [-0.3, -0.25) is 4.79 Å². The van der Waals surface area contributed by atoms with Gasteiger partial charge in [0.05, 0.1) is 5.71 Å². The Bertz CT molecular complexity index is 708. The molecule has 7 nitrogen and oxygen atoms in total. The van der Waals surface area contributed by atoms with Crippen LogP contribution in [0.3, 0.4) is 0 Å². The van der Waals surface area contributed by atoms with Crippen LogP contribution in [0.4, 0.5) is 0 Å². The third-order valence-corrected chi connectivity index (χ3v) is 6.21. The van der Waals surface area contributed by atoms with Gasteiger partial charge in [-0.05, 0) is 95.4 Å². The van der Waals surface area contributed by atoms with E-state index in [1.165, 1.54) is 0 Å². The molecule has 1 aromatic rings. The molecule has 0 spiro atoms. The Morgan fingerprint density at radius 1 is 1.16 bits per heavy atom. The van der Waals surface area contributed by atoms with Crippen LogP contribution in [-0.4, -0.2) is 69.1 Å². The standard InChI is InChI=1S/C24H37N3O4/c1-18(26-30-17-21-10-14-29-15-11-21)22-4-6-23(7-5-22)31-19(2)24(28)25-16-20-8-12-27(3)13-9-20/h4-7,19-21H,8-17H2,1-3H3,(H,25,28)/b26-18-. The molecule has 0 saturated carbocycles. The van der Waals surface area contributed by atoms with Gasteiger partial charge in [0, 0.05) is 25.7 Å². The Balaban J connectivity index is 1.40. The predicted molar refractivity (Wildman–Crippen MR) is 121 cm³/mol.